The van der Waals surface area contributed by atoms with Crippen LogP contribution in [0.25, 0.3) is 0 Å². The second kappa shape index (κ2) is 5.47. The van der Waals surface area contributed by atoms with Crippen LogP contribution in [0, 0.1) is 0 Å². The van der Waals surface area contributed by atoms with Crippen molar-refractivity contribution >= 4 is 11.4 Å². The van der Waals surface area contributed by atoms with Crippen molar-refractivity contribution in [3.8, 4) is 0 Å². The molecule has 1 aromatic carbocycles. The molecule has 0 bridgehead atoms. The third kappa shape index (κ3) is 2.53. The summed E-state index contributed by atoms with van der Waals surface area (Å²) in [6.07, 6.45) is 7.92. The van der Waals surface area contributed by atoms with E-state index in [1.54, 1.807) is 0 Å². The predicted molar refractivity (Wildman–Crippen MR) is 85.9 cm³/mol. The lowest BCUT2D eigenvalue weighted by molar-refractivity contribution is 0.461. The molecular formula is C18H22N2O. The van der Waals surface area contributed by atoms with E-state index in [0.717, 1.165) is 12.2 Å². The first-order valence-electron chi connectivity index (χ1n) is 8.08. The van der Waals surface area contributed by atoms with Crippen molar-refractivity contribution in [2.45, 2.75) is 38.1 Å². The number of furan rings is 1. The van der Waals surface area contributed by atoms with E-state index >= 15 is 0 Å². The van der Waals surface area contributed by atoms with Crippen LogP contribution >= 0.6 is 0 Å². The van der Waals surface area contributed by atoms with E-state index < -0.39 is 0 Å². The minimum absolute atomic E-state index is 0.390. The largest absolute Gasteiger partial charge is 0.469 e. The fourth-order valence-corrected chi connectivity index (χ4v) is 3.61. The lowest BCUT2D eigenvalue weighted by Gasteiger charge is -2.25. The van der Waals surface area contributed by atoms with Crippen LogP contribution in [0.2, 0.25) is 0 Å². The molecule has 1 aliphatic carbocycles. The van der Waals surface area contributed by atoms with Crippen LogP contribution in [0.4, 0.5) is 11.4 Å². The summed E-state index contributed by atoms with van der Waals surface area (Å²) < 4.78 is 5.58. The topological polar surface area (TPSA) is 28.4 Å². The van der Waals surface area contributed by atoms with Gasteiger partial charge in [-0.2, -0.15) is 0 Å². The smallest absolute Gasteiger partial charge is 0.109 e. The molecule has 0 saturated carbocycles. The fourth-order valence-electron chi connectivity index (χ4n) is 3.61. The minimum atomic E-state index is 0.390. The molecule has 3 heteroatoms. The molecule has 1 N–H and O–H groups in total. The van der Waals surface area contributed by atoms with Gasteiger partial charge < -0.3 is 14.6 Å². The number of fused-ring (bicyclic) bond motifs is 1. The van der Waals surface area contributed by atoms with Crippen molar-refractivity contribution < 1.29 is 4.42 Å². The molecular weight excluding hydrogens is 260 g/mol. The molecule has 1 atom stereocenters. The number of hydrogen-bond donors (Lipinski definition) is 1. The normalized spacial score (nSPS) is 21.3. The Morgan fingerprint density at radius 2 is 2.00 bits per heavy atom. The Hall–Kier alpha value is -1.90. The van der Waals surface area contributed by atoms with Gasteiger partial charge in [0.05, 0.1) is 12.3 Å². The predicted octanol–water partition coefficient (Wildman–Crippen LogP) is 4.37. The number of benzene rings is 1. The highest BCUT2D eigenvalue weighted by Gasteiger charge is 2.22. The molecule has 2 aromatic rings. The molecule has 4 rings (SSSR count). The molecule has 1 aromatic heterocycles. The maximum atomic E-state index is 5.58. The number of anilines is 2. The summed E-state index contributed by atoms with van der Waals surface area (Å²) in [5.41, 5.74) is 3.91. The van der Waals surface area contributed by atoms with Crippen molar-refractivity contribution in [1.82, 2.24) is 0 Å². The van der Waals surface area contributed by atoms with E-state index in [1.165, 1.54) is 55.7 Å². The first-order valence-corrected chi connectivity index (χ1v) is 8.08. The third-order valence-electron chi connectivity index (χ3n) is 4.71. The summed E-state index contributed by atoms with van der Waals surface area (Å²) in [6.45, 7) is 2.39. The van der Waals surface area contributed by atoms with Crippen LogP contribution in [0.3, 0.4) is 0 Å². The molecule has 2 heterocycles. The van der Waals surface area contributed by atoms with Crippen LogP contribution in [0.15, 0.2) is 41.0 Å². The average molecular weight is 282 g/mol. The SMILES string of the molecule is c1cc(NC2CCCc3occc32)cc(N2CCCC2)c1. The molecule has 3 nitrogen and oxygen atoms in total. The van der Waals surface area contributed by atoms with E-state index in [9.17, 15) is 0 Å². The van der Waals surface area contributed by atoms with Crippen LogP contribution in [0.5, 0.6) is 0 Å². The number of hydrogen-bond acceptors (Lipinski definition) is 3. The number of rotatable bonds is 3. The molecule has 21 heavy (non-hydrogen) atoms. The Kier molecular flexibility index (Phi) is 3.34. The molecule has 0 spiro atoms. The van der Waals surface area contributed by atoms with E-state index in [2.05, 4.69) is 40.5 Å². The Bertz CT molecular complexity index is 613. The van der Waals surface area contributed by atoms with Gasteiger partial charge in [-0.15, -0.1) is 0 Å². The monoisotopic (exact) mass is 282 g/mol. The molecule has 0 amide bonds. The molecule has 1 fully saturated rings. The Labute approximate surface area is 126 Å². The third-order valence-corrected chi connectivity index (χ3v) is 4.71. The summed E-state index contributed by atoms with van der Waals surface area (Å²) in [7, 11) is 0. The zero-order valence-corrected chi connectivity index (χ0v) is 12.3. The van der Waals surface area contributed by atoms with Crippen LogP contribution in [-0.4, -0.2) is 13.1 Å². The molecule has 1 saturated heterocycles. The van der Waals surface area contributed by atoms with Crippen molar-refractivity contribution in [3.63, 3.8) is 0 Å². The lowest BCUT2D eigenvalue weighted by atomic mass is 9.93. The van der Waals surface area contributed by atoms with E-state index in [0.29, 0.717) is 6.04 Å². The first-order chi connectivity index (χ1) is 10.4. The van der Waals surface area contributed by atoms with Gasteiger partial charge in [-0.3, -0.25) is 0 Å². The van der Waals surface area contributed by atoms with Gasteiger partial charge in [0, 0.05) is 36.4 Å². The Morgan fingerprint density at radius 1 is 1.10 bits per heavy atom. The number of aryl methyl sites for hydroxylation is 1. The van der Waals surface area contributed by atoms with Gasteiger partial charge in [0.15, 0.2) is 0 Å². The molecule has 0 radical (unpaired) electrons. The molecule has 1 unspecified atom stereocenters. The maximum absolute atomic E-state index is 5.58. The van der Waals surface area contributed by atoms with E-state index in [-0.39, 0.29) is 0 Å². The van der Waals surface area contributed by atoms with Crippen LogP contribution < -0.4 is 10.2 Å². The van der Waals surface area contributed by atoms with E-state index in [1.807, 2.05) is 6.26 Å². The Morgan fingerprint density at radius 3 is 2.90 bits per heavy atom. The molecule has 110 valence electrons. The quantitative estimate of drug-likeness (QED) is 0.906. The lowest BCUT2D eigenvalue weighted by Crippen LogP contribution is -2.18. The maximum Gasteiger partial charge on any atom is 0.109 e. The second-order valence-corrected chi connectivity index (χ2v) is 6.13. The summed E-state index contributed by atoms with van der Waals surface area (Å²) in [4.78, 5) is 2.48. The number of nitrogens with zero attached hydrogens (tertiary/aromatic N) is 1. The van der Waals surface area contributed by atoms with Gasteiger partial charge in [0.1, 0.15) is 5.76 Å². The summed E-state index contributed by atoms with van der Waals surface area (Å²) in [5, 5.41) is 3.70. The molecule has 2 aliphatic rings. The van der Waals surface area contributed by atoms with Gasteiger partial charge in [-0.05, 0) is 49.9 Å². The van der Waals surface area contributed by atoms with Gasteiger partial charge >= 0.3 is 0 Å². The summed E-state index contributed by atoms with van der Waals surface area (Å²) in [5.74, 6) is 1.16. The van der Waals surface area contributed by atoms with Crippen molar-refractivity contribution in [3.05, 3.63) is 47.9 Å². The van der Waals surface area contributed by atoms with Crippen molar-refractivity contribution in [1.29, 1.82) is 0 Å². The first kappa shape index (κ1) is 12.8. The summed E-state index contributed by atoms with van der Waals surface area (Å²) >= 11 is 0. The Balaban J connectivity index is 1.54. The highest BCUT2D eigenvalue weighted by atomic mass is 16.3. The van der Waals surface area contributed by atoms with Crippen LogP contribution in [0.1, 0.15) is 43.0 Å². The highest BCUT2D eigenvalue weighted by molar-refractivity contribution is 5.59. The number of nitrogens with one attached hydrogen (secondary N) is 1. The van der Waals surface area contributed by atoms with Crippen LogP contribution in [-0.2, 0) is 6.42 Å². The van der Waals surface area contributed by atoms with Crippen molar-refractivity contribution in [2.75, 3.05) is 23.3 Å². The summed E-state index contributed by atoms with van der Waals surface area (Å²) in [6, 6.07) is 11.4. The zero-order valence-electron chi connectivity index (χ0n) is 12.3. The minimum Gasteiger partial charge on any atom is -0.469 e. The standard InChI is InChI=1S/C18H22N2O/c1-2-11-20(10-1)15-6-3-5-14(13-15)19-17-7-4-8-18-16(17)9-12-21-18/h3,5-6,9,12-13,17,19H,1-2,4,7-8,10-11H2. The van der Waals surface area contributed by atoms with Gasteiger partial charge in [-0.1, -0.05) is 6.07 Å². The second-order valence-electron chi connectivity index (χ2n) is 6.13. The highest BCUT2D eigenvalue weighted by Crippen LogP contribution is 2.34. The van der Waals surface area contributed by atoms with Crippen molar-refractivity contribution in [2.24, 2.45) is 0 Å². The van der Waals surface area contributed by atoms with Gasteiger partial charge in [-0.25, -0.2) is 0 Å². The zero-order chi connectivity index (χ0) is 14.1. The average Bonchev–Trinajstić information content (AvgIpc) is 3.20. The van der Waals surface area contributed by atoms with Gasteiger partial charge in [0.25, 0.3) is 0 Å². The van der Waals surface area contributed by atoms with E-state index in [4.69, 9.17) is 4.42 Å². The van der Waals surface area contributed by atoms with Gasteiger partial charge in [0.2, 0.25) is 0 Å². The molecule has 1 aliphatic heterocycles. The fraction of sp³-hybridized carbons (Fsp3) is 0.444.